The zero-order chi connectivity index (χ0) is 20.0. The minimum Gasteiger partial charge on any atom is -0.396 e. The Morgan fingerprint density at radius 2 is 1.93 bits per heavy atom. The van der Waals surface area contributed by atoms with Crippen molar-refractivity contribution in [2.24, 2.45) is 5.41 Å². The Balaban J connectivity index is 1.38. The maximum absolute atomic E-state index is 12.5. The highest BCUT2D eigenvalue weighted by Gasteiger charge is 2.40. The second kappa shape index (κ2) is 7.75. The van der Waals surface area contributed by atoms with E-state index in [1.807, 2.05) is 0 Å². The van der Waals surface area contributed by atoms with Gasteiger partial charge in [0, 0.05) is 55.0 Å². The molecule has 0 amide bonds. The highest BCUT2D eigenvalue weighted by atomic mass is 35.5. The molecule has 3 heterocycles. The molecule has 3 aliphatic rings. The predicted octanol–water partition coefficient (Wildman–Crippen LogP) is 3.59. The summed E-state index contributed by atoms with van der Waals surface area (Å²) >= 11 is 5.93. The number of hydrogen-bond donors (Lipinski definition) is 1. The van der Waals surface area contributed by atoms with Crippen LogP contribution in [0.1, 0.15) is 74.2 Å². The van der Waals surface area contributed by atoms with Gasteiger partial charge in [-0.15, -0.1) is 0 Å². The molecule has 1 aliphatic heterocycles. The van der Waals surface area contributed by atoms with Gasteiger partial charge in [-0.3, -0.25) is 4.21 Å². The van der Waals surface area contributed by atoms with Crippen LogP contribution in [0.3, 0.4) is 0 Å². The lowest BCUT2D eigenvalue weighted by atomic mass is 9.67. The van der Waals surface area contributed by atoms with E-state index in [0.717, 1.165) is 68.0 Å². The number of nitrogens with zero attached hydrogens (tertiary/aromatic N) is 4. The van der Waals surface area contributed by atoms with Gasteiger partial charge in [-0.2, -0.15) is 0 Å². The zero-order valence-electron chi connectivity index (χ0n) is 16.5. The molecule has 2 aromatic rings. The van der Waals surface area contributed by atoms with E-state index in [2.05, 4.69) is 14.5 Å². The van der Waals surface area contributed by atoms with E-state index in [9.17, 15) is 9.32 Å². The number of aliphatic hydroxyl groups is 1. The van der Waals surface area contributed by atoms with E-state index in [4.69, 9.17) is 16.6 Å². The van der Waals surface area contributed by atoms with Crippen molar-refractivity contribution in [2.75, 3.05) is 12.4 Å². The molecule has 0 aromatic carbocycles. The van der Waals surface area contributed by atoms with Crippen molar-refractivity contribution in [2.45, 2.75) is 74.8 Å². The highest BCUT2D eigenvalue weighted by Crippen LogP contribution is 2.45. The van der Waals surface area contributed by atoms with E-state index in [-0.39, 0.29) is 12.0 Å². The molecule has 156 valence electrons. The molecular formula is C21H27ClN4O2S. The topological polar surface area (TPSA) is 80.9 Å². The zero-order valence-corrected chi connectivity index (χ0v) is 18.1. The van der Waals surface area contributed by atoms with Crippen LogP contribution in [0, 0.1) is 5.41 Å². The third-order valence-electron chi connectivity index (χ3n) is 7.14. The van der Waals surface area contributed by atoms with Gasteiger partial charge < -0.3 is 9.67 Å². The van der Waals surface area contributed by atoms with E-state index in [1.54, 1.807) is 12.4 Å². The van der Waals surface area contributed by atoms with Crippen LogP contribution >= 0.6 is 11.6 Å². The Morgan fingerprint density at radius 3 is 2.55 bits per heavy atom. The summed E-state index contributed by atoms with van der Waals surface area (Å²) in [5, 5.41) is 11.3. The van der Waals surface area contributed by atoms with Gasteiger partial charge in [0.2, 0.25) is 0 Å². The molecule has 1 atom stereocenters. The lowest BCUT2D eigenvalue weighted by molar-refractivity contribution is 0.0415. The van der Waals surface area contributed by atoms with Gasteiger partial charge in [-0.1, -0.05) is 18.0 Å². The summed E-state index contributed by atoms with van der Waals surface area (Å²) in [6.45, 7) is 0.217. The predicted molar refractivity (Wildman–Crippen MR) is 112 cm³/mol. The Morgan fingerprint density at radius 1 is 1.21 bits per heavy atom. The van der Waals surface area contributed by atoms with Crippen molar-refractivity contribution in [1.82, 2.24) is 19.5 Å². The van der Waals surface area contributed by atoms with Crippen LogP contribution < -0.4 is 0 Å². The van der Waals surface area contributed by atoms with Crippen LogP contribution in [0.25, 0.3) is 0 Å². The Hall–Kier alpha value is -1.31. The monoisotopic (exact) mass is 434 g/mol. The third kappa shape index (κ3) is 3.55. The Bertz CT molecular complexity index is 912. The molecule has 6 nitrogen and oxygen atoms in total. The molecule has 2 aliphatic carbocycles. The summed E-state index contributed by atoms with van der Waals surface area (Å²) in [6, 6.07) is 0.385. The van der Waals surface area contributed by atoms with Crippen LogP contribution in [0.2, 0.25) is 5.02 Å². The SMILES string of the molecule is O=[S@]1CCc2c1nc(CC1(CO)CCC1)n2C1CCC(c2ncc(Cl)cn2)CC1. The maximum atomic E-state index is 12.5. The van der Waals surface area contributed by atoms with Crippen LogP contribution in [-0.4, -0.2) is 41.2 Å². The average Bonchev–Trinajstić information content (AvgIpc) is 3.24. The number of rotatable bonds is 5. The third-order valence-corrected chi connectivity index (χ3v) is 8.66. The van der Waals surface area contributed by atoms with Crippen molar-refractivity contribution >= 4 is 22.4 Å². The van der Waals surface area contributed by atoms with E-state index in [1.165, 1.54) is 12.1 Å². The van der Waals surface area contributed by atoms with Gasteiger partial charge in [-0.25, -0.2) is 15.0 Å². The number of aromatic nitrogens is 4. The molecule has 0 unspecified atom stereocenters. The number of fused-ring (bicyclic) bond motifs is 1. The molecule has 5 rings (SSSR count). The minimum atomic E-state index is -0.972. The fourth-order valence-electron chi connectivity index (χ4n) is 5.27. The maximum Gasteiger partial charge on any atom is 0.148 e. The molecule has 0 bridgehead atoms. The molecule has 0 radical (unpaired) electrons. The molecule has 0 spiro atoms. The van der Waals surface area contributed by atoms with Crippen molar-refractivity contribution < 1.29 is 9.32 Å². The van der Waals surface area contributed by atoms with Gasteiger partial charge in [-0.05, 0) is 38.5 Å². The summed E-state index contributed by atoms with van der Waals surface area (Å²) < 4.78 is 14.9. The standard InChI is InChI=1S/C21H27ClN4O2S/c22-15-11-23-19(24-12-15)14-2-4-16(5-3-14)26-17-6-9-29(28)20(17)25-18(26)10-21(13-27)7-1-8-21/h11-12,14,16,27H,1-10,13H2/t14?,16?,29-/m0/s1. The number of hydrogen-bond acceptors (Lipinski definition) is 5. The number of imidazole rings is 1. The fourth-order valence-corrected chi connectivity index (χ4v) is 6.61. The van der Waals surface area contributed by atoms with Gasteiger partial charge in [0.25, 0.3) is 0 Å². The van der Waals surface area contributed by atoms with E-state index >= 15 is 0 Å². The molecule has 2 fully saturated rings. The summed E-state index contributed by atoms with van der Waals surface area (Å²) in [6.07, 6.45) is 12.5. The average molecular weight is 435 g/mol. The van der Waals surface area contributed by atoms with E-state index < -0.39 is 10.8 Å². The van der Waals surface area contributed by atoms with E-state index in [0.29, 0.717) is 22.7 Å². The molecule has 0 saturated heterocycles. The molecule has 29 heavy (non-hydrogen) atoms. The number of aliphatic hydroxyl groups excluding tert-OH is 1. The van der Waals surface area contributed by atoms with Crippen LogP contribution in [0.5, 0.6) is 0 Å². The summed E-state index contributed by atoms with van der Waals surface area (Å²) in [7, 11) is -0.972. The van der Waals surface area contributed by atoms with Gasteiger partial charge in [0.1, 0.15) is 16.7 Å². The van der Waals surface area contributed by atoms with Crippen LogP contribution in [-0.2, 0) is 23.6 Å². The molecule has 8 heteroatoms. The summed E-state index contributed by atoms with van der Waals surface area (Å²) in [4.78, 5) is 13.7. The van der Waals surface area contributed by atoms with Gasteiger partial charge in [0.15, 0.2) is 0 Å². The fraction of sp³-hybridized carbons (Fsp3) is 0.667. The largest absolute Gasteiger partial charge is 0.396 e. The quantitative estimate of drug-likeness (QED) is 0.777. The second-order valence-corrected chi connectivity index (χ2v) is 10.8. The lowest BCUT2D eigenvalue weighted by Crippen LogP contribution is -2.37. The Kier molecular flexibility index (Phi) is 5.25. The van der Waals surface area contributed by atoms with Crippen molar-refractivity contribution in [3.8, 4) is 0 Å². The summed E-state index contributed by atoms with van der Waals surface area (Å²) in [5.41, 5.74) is 1.16. The first-order valence-electron chi connectivity index (χ1n) is 10.7. The first-order valence-corrected chi connectivity index (χ1v) is 12.3. The smallest absolute Gasteiger partial charge is 0.148 e. The molecule has 2 aromatic heterocycles. The molecular weight excluding hydrogens is 408 g/mol. The Labute approximate surface area is 178 Å². The van der Waals surface area contributed by atoms with Gasteiger partial charge in [0.05, 0.1) is 21.5 Å². The van der Waals surface area contributed by atoms with Crippen molar-refractivity contribution in [3.05, 3.63) is 34.8 Å². The highest BCUT2D eigenvalue weighted by molar-refractivity contribution is 7.85. The minimum absolute atomic E-state index is 0.0211. The normalized spacial score (nSPS) is 28.1. The van der Waals surface area contributed by atoms with Crippen LogP contribution in [0.15, 0.2) is 17.4 Å². The van der Waals surface area contributed by atoms with Gasteiger partial charge >= 0.3 is 0 Å². The van der Waals surface area contributed by atoms with Crippen molar-refractivity contribution in [1.29, 1.82) is 0 Å². The molecule has 1 N–H and O–H groups in total. The van der Waals surface area contributed by atoms with Crippen LogP contribution in [0.4, 0.5) is 0 Å². The van der Waals surface area contributed by atoms with Crippen molar-refractivity contribution in [3.63, 3.8) is 0 Å². The molecule has 2 saturated carbocycles. The first-order chi connectivity index (χ1) is 14.1. The first kappa shape index (κ1) is 19.6. The number of halogens is 1. The lowest BCUT2D eigenvalue weighted by Gasteiger charge is -2.41. The summed E-state index contributed by atoms with van der Waals surface area (Å²) in [5.74, 6) is 2.99. The second-order valence-electron chi connectivity index (χ2n) is 8.90.